The van der Waals surface area contributed by atoms with Crippen LogP contribution in [-0.4, -0.2) is 32.3 Å². The molecule has 0 fully saturated rings. The summed E-state index contributed by atoms with van der Waals surface area (Å²) >= 11 is 0. The Morgan fingerprint density at radius 1 is 1.56 bits per heavy atom. The highest BCUT2D eigenvalue weighted by Crippen LogP contribution is 1.82. The van der Waals surface area contributed by atoms with Crippen molar-refractivity contribution in [3.05, 3.63) is 11.9 Å². The highest BCUT2D eigenvalue weighted by atomic mass is 16.1. The maximum atomic E-state index is 10.1. The Balaban J connectivity index is 3.90. The lowest BCUT2D eigenvalue weighted by molar-refractivity contribution is -0.105. The maximum Gasteiger partial charge on any atom is 0.167 e. The van der Waals surface area contributed by atoms with Crippen molar-refractivity contribution in [3.8, 4) is 0 Å². The maximum absolute atomic E-state index is 10.1. The first-order valence-electron chi connectivity index (χ1n) is 2.72. The average Bonchev–Trinajstić information content (AvgIpc) is 1.82. The molecule has 0 heterocycles. The summed E-state index contributed by atoms with van der Waals surface area (Å²) in [6, 6.07) is 0. The topological polar surface area (TPSA) is 32.3 Å². The minimum Gasteiger partial charge on any atom is -0.384 e. The second-order valence-corrected chi connectivity index (χ2v) is 1.92. The highest BCUT2D eigenvalue weighted by molar-refractivity contribution is 5.71. The van der Waals surface area contributed by atoms with Crippen LogP contribution in [0.2, 0.25) is 0 Å². The van der Waals surface area contributed by atoms with Gasteiger partial charge in [0.2, 0.25) is 0 Å². The third kappa shape index (κ3) is 3.58. The van der Waals surface area contributed by atoms with Gasteiger partial charge < -0.3 is 10.2 Å². The predicted octanol–water partition coefficient (Wildman–Crippen LogP) is -0.192. The molecule has 0 rings (SSSR count). The van der Waals surface area contributed by atoms with Crippen LogP contribution in [0.15, 0.2) is 11.9 Å². The molecule has 3 heteroatoms. The Morgan fingerprint density at radius 2 is 2.11 bits per heavy atom. The number of hydrogen-bond donors (Lipinski definition) is 1. The minimum absolute atomic E-state index is 0.583. The Bertz CT molecular complexity index is 118. The van der Waals surface area contributed by atoms with Crippen LogP contribution in [0.5, 0.6) is 0 Å². The highest BCUT2D eigenvalue weighted by Gasteiger charge is 1.87. The van der Waals surface area contributed by atoms with E-state index >= 15 is 0 Å². The fourth-order valence-corrected chi connectivity index (χ4v) is 0.432. The van der Waals surface area contributed by atoms with Gasteiger partial charge in [-0.05, 0) is 0 Å². The number of likely N-dealkylation sites (N-methyl/N-ethyl adjacent to an activating group) is 1. The Labute approximate surface area is 55.3 Å². The zero-order valence-electron chi connectivity index (χ0n) is 6.01. The second-order valence-electron chi connectivity index (χ2n) is 1.92. The van der Waals surface area contributed by atoms with Gasteiger partial charge in [0.15, 0.2) is 6.29 Å². The molecule has 0 unspecified atom stereocenters. The largest absolute Gasteiger partial charge is 0.384 e. The van der Waals surface area contributed by atoms with Crippen LogP contribution in [0.4, 0.5) is 0 Å². The summed E-state index contributed by atoms with van der Waals surface area (Å²) in [5.41, 5.74) is 0.583. The van der Waals surface area contributed by atoms with Crippen molar-refractivity contribution >= 4 is 6.29 Å². The normalized spacial score (nSPS) is 10.8. The standard InChI is InChI=1S/C6H12N2O/c1-7-6(5-9)4-8(2)3/h4-5,7H,1-3H3. The molecule has 0 radical (unpaired) electrons. The number of nitrogens with one attached hydrogen (secondary N) is 1. The number of carbonyl (C=O) groups excluding carboxylic acids is 1. The molecule has 3 nitrogen and oxygen atoms in total. The van der Waals surface area contributed by atoms with E-state index < -0.39 is 0 Å². The molecule has 0 saturated carbocycles. The number of nitrogens with zero attached hydrogens (tertiary/aromatic N) is 1. The van der Waals surface area contributed by atoms with Crippen LogP contribution in [0.3, 0.4) is 0 Å². The van der Waals surface area contributed by atoms with Crippen LogP contribution >= 0.6 is 0 Å². The Kier molecular flexibility index (Phi) is 3.51. The predicted molar refractivity (Wildman–Crippen MR) is 36.9 cm³/mol. The molecule has 0 aliphatic carbocycles. The van der Waals surface area contributed by atoms with E-state index in [1.54, 1.807) is 18.1 Å². The molecule has 0 aliphatic rings. The molecule has 0 aromatic rings. The van der Waals surface area contributed by atoms with Gasteiger partial charge in [-0.3, -0.25) is 4.79 Å². The fourth-order valence-electron chi connectivity index (χ4n) is 0.432. The lowest BCUT2D eigenvalue weighted by Gasteiger charge is -2.05. The van der Waals surface area contributed by atoms with Crippen molar-refractivity contribution in [2.75, 3.05) is 21.1 Å². The Morgan fingerprint density at radius 3 is 2.22 bits per heavy atom. The minimum atomic E-state index is 0.583. The zero-order chi connectivity index (χ0) is 7.28. The summed E-state index contributed by atoms with van der Waals surface area (Å²) in [5.74, 6) is 0. The number of hydrogen-bond acceptors (Lipinski definition) is 3. The van der Waals surface area contributed by atoms with Crippen molar-refractivity contribution in [2.24, 2.45) is 0 Å². The summed E-state index contributed by atoms with van der Waals surface area (Å²) < 4.78 is 0. The molecule has 52 valence electrons. The summed E-state index contributed by atoms with van der Waals surface area (Å²) in [5, 5.41) is 2.73. The van der Waals surface area contributed by atoms with Crippen molar-refractivity contribution in [2.45, 2.75) is 0 Å². The molecule has 0 spiro atoms. The molecule has 0 aromatic heterocycles. The number of rotatable bonds is 3. The molecular formula is C6H12N2O. The summed E-state index contributed by atoms with van der Waals surface area (Å²) in [4.78, 5) is 11.9. The molecule has 0 bridgehead atoms. The SMILES string of the molecule is CNC(C=O)=CN(C)C. The molecule has 0 aromatic carbocycles. The number of carbonyl (C=O) groups is 1. The monoisotopic (exact) mass is 128 g/mol. The van der Waals surface area contributed by atoms with Gasteiger partial charge in [0.05, 0.1) is 5.70 Å². The van der Waals surface area contributed by atoms with E-state index in [0.29, 0.717) is 5.70 Å². The van der Waals surface area contributed by atoms with E-state index in [-0.39, 0.29) is 0 Å². The number of allylic oxidation sites excluding steroid dienone is 1. The lowest BCUT2D eigenvalue weighted by atomic mass is 10.5. The van der Waals surface area contributed by atoms with Gasteiger partial charge in [0, 0.05) is 27.3 Å². The van der Waals surface area contributed by atoms with Gasteiger partial charge >= 0.3 is 0 Å². The first kappa shape index (κ1) is 8.01. The van der Waals surface area contributed by atoms with Crippen LogP contribution in [0.25, 0.3) is 0 Å². The van der Waals surface area contributed by atoms with Crippen LogP contribution in [0.1, 0.15) is 0 Å². The number of aldehydes is 1. The summed E-state index contributed by atoms with van der Waals surface area (Å²) in [7, 11) is 5.44. The van der Waals surface area contributed by atoms with Crippen LogP contribution in [0, 0.1) is 0 Å². The van der Waals surface area contributed by atoms with Crippen LogP contribution in [-0.2, 0) is 4.79 Å². The van der Waals surface area contributed by atoms with Gasteiger partial charge in [-0.2, -0.15) is 0 Å². The van der Waals surface area contributed by atoms with E-state index in [1.165, 1.54) is 0 Å². The molecule has 0 saturated heterocycles. The van der Waals surface area contributed by atoms with E-state index in [1.807, 2.05) is 14.1 Å². The van der Waals surface area contributed by atoms with E-state index in [4.69, 9.17) is 0 Å². The first-order chi connectivity index (χ1) is 4.20. The van der Waals surface area contributed by atoms with Gasteiger partial charge in [-0.15, -0.1) is 0 Å². The van der Waals surface area contributed by atoms with E-state index in [0.717, 1.165) is 6.29 Å². The third-order valence-electron chi connectivity index (χ3n) is 0.813. The van der Waals surface area contributed by atoms with Gasteiger partial charge in [-0.1, -0.05) is 0 Å². The van der Waals surface area contributed by atoms with E-state index in [9.17, 15) is 4.79 Å². The molecule has 0 atom stereocenters. The average molecular weight is 128 g/mol. The quantitative estimate of drug-likeness (QED) is 0.422. The van der Waals surface area contributed by atoms with Crippen molar-refractivity contribution in [3.63, 3.8) is 0 Å². The van der Waals surface area contributed by atoms with Crippen LogP contribution < -0.4 is 5.32 Å². The molecule has 9 heavy (non-hydrogen) atoms. The molecule has 0 amide bonds. The summed E-state index contributed by atoms with van der Waals surface area (Å²) in [6.07, 6.45) is 2.49. The first-order valence-corrected chi connectivity index (χ1v) is 2.72. The molecule has 1 N–H and O–H groups in total. The molecular weight excluding hydrogens is 116 g/mol. The Hall–Kier alpha value is -0.990. The fraction of sp³-hybridized carbons (Fsp3) is 0.500. The van der Waals surface area contributed by atoms with Gasteiger partial charge in [-0.25, -0.2) is 0 Å². The summed E-state index contributed by atoms with van der Waals surface area (Å²) in [6.45, 7) is 0. The van der Waals surface area contributed by atoms with Crippen molar-refractivity contribution in [1.82, 2.24) is 10.2 Å². The van der Waals surface area contributed by atoms with Gasteiger partial charge in [0.25, 0.3) is 0 Å². The smallest absolute Gasteiger partial charge is 0.167 e. The van der Waals surface area contributed by atoms with Crippen molar-refractivity contribution in [1.29, 1.82) is 0 Å². The lowest BCUT2D eigenvalue weighted by Crippen LogP contribution is -2.12. The zero-order valence-corrected chi connectivity index (χ0v) is 6.01. The second kappa shape index (κ2) is 3.95. The molecule has 0 aliphatic heterocycles. The van der Waals surface area contributed by atoms with Gasteiger partial charge in [0.1, 0.15) is 0 Å². The third-order valence-corrected chi connectivity index (χ3v) is 0.813. The van der Waals surface area contributed by atoms with E-state index in [2.05, 4.69) is 5.32 Å². The van der Waals surface area contributed by atoms with Crippen molar-refractivity contribution < 1.29 is 4.79 Å².